The van der Waals surface area contributed by atoms with Gasteiger partial charge in [0.05, 0.1) is 16.2 Å². The Morgan fingerprint density at radius 1 is 1.37 bits per heavy atom. The standard InChI is InChI=1S/C14H16Cl2N2S/c1-4-14(5-2,6-3)18-13(19)17-12-8-7-10(15)9-11(12)16/h1,7-9H,5-6H2,2-3H3,(H2,17,18,19). The number of anilines is 1. The van der Waals surface area contributed by atoms with Crippen LogP contribution in [-0.2, 0) is 0 Å². The largest absolute Gasteiger partial charge is 0.346 e. The number of terminal acetylenes is 1. The van der Waals surface area contributed by atoms with Crippen molar-refractivity contribution in [3.05, 3.63) is 28.2 Å². The number of thiocarbonyl (C=S) groups is 1. The van der Waals surface area contributed by atoms with E-state index >= 15 is 0 Å². The fourth-order valence-electron chi connectivity index (χ4n) is 1.63. The Labute approximate surface area is 129 Å². The summed E-state index contributed by atoms with van der Waals surface area (Å²) >= 11 is 17.2. The predicted molar refractivity (Wildman–Crippen MR) is 88.0 cm³/mol. The van der Waals surface area contributed by atoms with Gasteiger partial charge in [-0.05, 0) is 43.3 Å². The fraction of sp³-hybridized carbons (Fsp3) is 0.357. The molecule has 0 fully saturated rings. The second kappa shape index (κ2) is 7.00. The Bertz CT molecular complexity index is 505. The highest BCUT2D eigenvalue weighted by molar-refractivity contribution is 7.80. The van der Waals surface area contributed by atoms with Gasteiger partial charge in [-0.3, -0.25) is 0 Å². The highest BCUT2D eigenvalue weighted by atomic mass is 35.5. The number of rotatable bonds is 4. The molecule has 19 heavy (non-hydrogen) atoms. The van der Waals surface area contributed by atoms with Crippen LogP contribution in [0, 0.1) is 12.3 Å². The smallest absolute Gasteiger partial charge is 0.172 e. The fourth-order valence-corrected chi connectivity index (χ4v) is 2.39. The quantitative estimate of drug-likeness (QED) is 0.633. The van der Waals surface area contributed by atoms with Crippen LogP contribution in [0.5, 0.6) is 0 Å². The van der Waals surface area contributed by atoms with Gasteiger partial charge in [0.2, 0.25) is 0 Å². The highest BCUT2D eigenvalue weighted by Crippen LogP contribution is 2.25. The van der Waals surface area contributed by atoms with E-state index in [1.54, 1.807) is 18.2 Å². The lowest BCUT2D eigenvalue weighted by Gasteiger charge is -2.28. The van der Waals surface area contributed by atoms with Gasteiger partial charge in [-0.15, -0.1) is 6.42 Å². The van der Waals surface area contributed by atoms with Crippen LogP contribution >= 0.6 is 35.4 Å². The van der Waals surface area contributed by atoms with E-state index in [1.165, 1.54) is 0 Å². The summed E-state index contributed by atoms with van der Waals surface area (Å²) in [5.74, 6) is 2.76. The maximum absolute atomic E-state index is 6.07. The van der Waals surface area contributed by atoms with Crippen molar-refractivity contribution in [2.45, 2.75) is 32.2 Å². The first kappa shape index (κ1) is 16.1. The van der Waals surface area contributed by atoms with Crippen molar-refractivity contribution in [2.24, 2.45) is 0 Å². The monoisotopic (exact) mass is 314 g/mol. The van der Waals surface area contributed by atoms with Crippen molar-refractivity contribution in [1.82, 2.24) is 5.32 Å². The molecule has 0 aliphatic heterocycles. The van der Waals surface area contributed by atoms with Crippen molar-refractivity contribution < 1.29 is 0 Å². The third kappa shape index (κ3) is 4.28. The first-order chi connectivity index (χ1) is 8.96. The molecule has 0 spiro atoms. The second-order valence-corrected chi connectivity index (χ2v) is 5.39. The zero-order valence-corrected chi connectivity index (χ0v) is 13.2. The van der Waals surface area contributed by atoms with Gasteiger partial charge in [-0.25, -0.2) is 0 Å². The summed E-state index contributed by atoms with van der Waals surface area (Å²) in [6.07, 6.45) is 7.15. The molecule has 1 aromatic carbocycles. The maximum Gasteiger partial charge on any atom is 0.172 e. The zero-order valence-electron chi connectivity index (χ0n) is 10.9. The summed E-state index contributed by atoms with van der Waals surface area (Å²) in [4.78, 5) is 0. The zero-order chi connectivity index (χ0) is 14.5. The van der Waals surface area contributed by atoms with E-state index in [0.29, 0.717) is 20.8 Å². The second-order valence-electron chi connectivity index (χ2n) is 4.14. The first-order valence-corrected chi connectivity index (χ1v) is 7.14. The van der Waals surface area contributed by atoms with Crippen molar-refractivity contribution in [1.29, 1.82) is 0 Å². The number of halogens is 2. The van der Waals surface area contributed by atoms with Gasteiger partial charge in [-0.1, -0.05) is 43.0 Å². The van der Waals surface area contributed by atoms with Crippen LogP contribution in [0.1, 0.15) is 26.7 Å². The van der Waals surface area contributed by atoms with Gasteiger partial charge in [0.25, 0.3) is 0 Å². The Morgan fingerprint density at radius 3 is 2.47 bits per heavy atom. The van der Waals surface area contributed by atoms with Crippen LogP contribution in [0.3, 0.4) is 0 Å². The minimum atomic E-state index is -0.428. The molecule has 0 heterocycles. The van der Waals surface area contributed by atoms with Crippen LogP contribution in [0.4, 0.5) is 5.69 Å². The molecule has 0 aliphatic carbocycles. The highest BCUT2D eigenvalue weighted by Gasteiger charge is 2.23. The Balaban J connectivity index is 2.78. The van der Waals surface area contributed by atoms with Gasteiger partial charge in [0.15, 0.2) is 5.11 Å². The first-order valence-electron chi connectivity index (χ1n) is 5.98. The molecule has 0 unspecified atom stereocenters. The van der Waals surface area contributed by atoms with Crippen molar-refractivity contribution in [3.8, 4) is 12.3 Å². The molecule has 0 bridgehead atoms. The lowest BCUT2D eigenvalue weighted by Crippen LogP contribution is -2.48. The normalized spacial score (nSPS) is 10.7. The number of nitrogens with one attached hydrogen (secondary N) is 2. The Morgan fingerprint density at radius 2 is 2.00 bits per heavy atom. The molecule has 0 saturated heterocycles. The molecular formula is C14H16Cl2N2S. The Kier molecular flexibility index (Phi) is 5.93. The molecule has 102 valence electrons. The van der Waals surface area contributed by atoms with E-state index < -0.39 is 5.54 Å². The van der Waals surface area contributed by atoms with Crippen LogP contribution < -0.4 is 10.6 Å². The minimum absolute atomic E-state index is 0.428. The van der Waals surface area contributed by atoms with Crippen molar-refractivity contribution in [2.75, 3.05) is 5.32 Å². The summed E-state index contributed by atoms with van der Waals surface area (Å²) in [6, 6.07) is 5.17. The van der Waals surface area contributed by atoms with Gasteiger partial charge >= 0.3 is 0 Å². The third-order valence-electron chi connectivity index (χ3n) is 3.02. The average Bonchev–Trinajstić information content (AvgIpc) is 2.39. The molecule has 0 aromatic heterocycles. The molecule has 5 heteroatoms. The van der Waals surface area contributed by atoms with Crippen molar-refractivity contribution in [3.63, 3.8) is 0 Å². The topological polar surface area (TPSA) is 24.1 Å². The molecule has 0 saturated carbocycles. The van der Waals surface area contributed by atoms with Crippen molar-refractivity contribution >= 4 is 46.2 Å². The van der Waals surface area contributed by atoms with E-state index in [1.807, 2.05) is 13.8 Å². The lowest BCUT2D eigenvalue weighted by atomic mass is 9.94. The molecule has 1 rings (SSSR count). The average molecular weight is 315 g/mol. The van der Waals surface area contributed by atoms with Gasteiger partial charge < -0.3 is 10.6 Å². The SMILES string of the molecule is C#CC(CC)(CC)NC(=S)Nc1ccc(Cl)cc1Cl. The number of benzene rings is 1. The Hall–Kier alpha value is -0.950. The van der Waals surface area contributed by atoms with E-state index in [4.69, 9.17) is 41.8 Å². The minimum Gasteiger partial charge on any atom is -0.346 e. The van der Waals surface area contributed by atoms with Crippen LogP contribution in [-0.4, -0.2) is 10.7 Å². The van der Waals surface area contributed by atoms with Gasteiger partial charge in [-0.2, -0.15) is 0 Å². The van der Waals surface area contributed by atoms with Gasteiger partial charge in [0, 0.05) is 5.02 Å². The molecule has 2 N–H and O–H groups in total. The summed E-state index contributed by atoms with van der Waals surface area (Å²) in [6.45, 7) is 4.04. The van der Waals surface area contributed by atoms with Crippen LogP contribution in [0.15, 0.2) is 18.2 Å². The van der Waals surface area contributed by atoms with Crippen LogP contribution in [0.2, 0.25) is 10.0 Å². The number of hydrogen-bond acceptors (Lipinski definition) is 1. The summed E-state index contributed by atoms with van der Waals surface area (Å²) in [7, 11) is 0. The molecule has 1 aromatic rings. The van der Waals surface area contributed by atoms with E-state index in [2.05, 4.69) is 16.6 Å². The van der Waals surface area contributed by atoms with Gasteiger partial charge in [0.1, 0.15) is 0 Å². The summed E-state index contributed by atoms with van der Waals surface area (Å²) < 4.78 is 0. The maximum atomic E-state index is 6.07. The third-order valence-corrected chi connectivity index (χ3v) is 3.77. The molecule has 0 atom stereocenters. The summed E-state index contributed by atoms with van der Waals surface area (Å²) in [5.41, 5.74) is 0.268. The molecule has 2 nitrogen and oxygen atoms in total. The predicted octanol–water partition coefficient (Wildman–Crippen LogP) is 4.47. The lowest BCUT2D eigenvalue weighted by molar-refractivity contribution is 0.461. The molecular weight excluding hydrogens is 299 g/mol. The van der Waals surface area contributed by atoms with Crippen LogP contribution in [0.25, 0.3) is 0 Å². The molecule has 0 amide bonds. The summed E-state index contributed by atoms with van der Waals surface area (Å²) in [5, 5.41) is 7.73. The van der Waals surface area contributed by atoms with E-state index in [-0.39, 0.29) is 0 Å². The number of hydrogen-bond donors (Lipinski definition) is 2. The molecule has 0 aliphatic rings. The van der Waals surface area contributed by atoms with E-state index in [0.717, 1.165) is 12.8 Å². The molecule has 0 radical (unpaired) electrons. The van der Waals surface area contributed by atoms with E-state index in [9.17, 15) is 0 Å².